The molecule has 0 saturated carbocycles. The van der Waals surface area contributed by atoms with Crippen molar-refractivity contribution < 1.29 is 24.1 Å². The monoisotopic (exact) mass is 752 g/mol. The lowest BCUT2D eigenvalue weighted by Gasteiger charge is -2.40. The molecular weight excluding hydrogens is 707 g/mol. The summed E-state index contributed by atoms with van der Waals surface area (Å²) in [5, 5.41) is 14.1. The molecule has 0 radical (unpaired) electrons. The molecule has 7 aromatic carbocycles. The lowest BCUT2D eigenvalue weighted by Crippen LogP contribution is -2.51. The number of hydrogen-bond donors (Lipinski definition) is 0. The Morgan fingerprint density at radius 2 is 1.21 bits per heavy atom. The summed E-state index contributed by atoms with van der Waals surface area (Å²) in [6.45, 7) is 1.91. The first kappa shape index (κ1) is 37.7. The summed E-state index contributed by atoms with van der Waals surface area (Å²) in [5.41, 5.74) is 6.79. The fourth-order valence-electron chi connectivity index (χ4n) is 8.13. The summed E-state index contributed by atoms with van der Waals surface area (Å²) in [6, 6.07) is 62.4. The van der Waals surface area contributed by atoms with Crippen LogP contribution in [0.2, 0.25) is 0 Å². The Morgan fingerprint density at radius 1 is 0.632 bits per heavy atom. The van der Waals surface area contributed by atoms with Crippen molar-refractivity contribution in [2.45, 2.75) is 43.7 Å². The Bertz CT molecular complexity index is 2250. The van der Waals surface area contributed by atoms with E-state index in [1.54, 1.807) is 0 Å². The second-order valence-electron chi connectivity index (χ2n) is 14.7. The summed E-state index contributed by atoms with van der Waals surface area (Å²) in [4.78, 5) is 13.4. The zero-order valence-corrected chi connectivity index (χ0v) is 31.9. The van der Waals surface area contributed by atoms with E-state index in [9.17, 15) is 9.90 Å². The van der Waals surface area contributed by atoms with Gasteiger partial charge >= 0.3 is 0 Å². The lowest BCUT2D eigenvalue weighted by atomic mass is 9.80. The van der Waals surface area contributed by atoms with Crippen molar-refractivity contribution in [3.05, 3.63) is 221 Å². The molecule has 0 aromatic heterocycles. The van der Waals surface area contributed by atoms with Gasteiger partial charge in [0.15, 0.2) is 0 Å². The Labute approximate surface area is 334 Å². The number of nitrogens with zero attached hydrogens (tertiary/aromatic N) is 1. The van der Waals surface area contributed by atoms with Crippen LogP contribution >= 0.6 is 0 Å². The van der Waals surface area contributed by atoms with Gasteiger partial charge < -0.3 is 29.0 Å². The van der Waals surface area contributed by atoms with Crippen LogP contribution in [0.5, 0.6) is 5.75 Å². The number of hydrogen-bond acceptors (Lipinski definition) is 5. The first-order valence-corrected chi connectivity index (χ1v) is 19.7. The Balaban J connectivity index is 0.986. The van der Waals surface area contributed by atoms with Crippen LogP contribution in [0.4, 0.5) is 4.79 Å². The van der Waals surface area contributed by atoms with Crippen LogP contribution in [-0.4, -0.2) is 36.8 Å². The maximum absolute atomic E-state index is 12.0. The molecule has 286 valence electrons. The third-order valence-corrected chi connectivity index (χ3v) is 11.1. The first-order chi connectivity index (χ1) is 28.1. The molecule has 57 heavy (non-hydrogen) atoms. The van der Waals surface area contributed by atoms with Crippen LogP contribution < -0.4 is 9.84 Å². The molecule has 1 heterocycles. The van der Waals surface area contributed by atoms with E-state index in [2.05, 4.69) is 127 Å². The topological polar surface area (TPSA) is 71.1 Å². The molecule has 1 amide bonds. The number of carboxylic acid groups (broad SMARTS) is 1. The molecule has 7 aromatic rings. The molecule has 6 nitrogen and oxygen atoms in total. The number of amides is 1. The number of carbonyl (C=O) groups is 1. The van der Waals surface area contributed by atoms with Crippen molar-refractivity contribution in [1.82, 2.24) is 4.90 Å². The van der Waals surface area contributed by atoms with E-state index >= 15 is 0 Å². The van der Waals surface area contributed by atoms with Crippen LogP contribution in [0.3, 0.4) is 0 Å². The summed E-state index contributed by atoms with van der Waals surface area (Å²) in [7, 11) is 0. The van der Waals surface area contributed by atoms with Gasteiger partial charge in [-0.2, -0.15) is 0 Å². The molecule has 1 aliphatic heterocycles. The highest BCUT2D eigenvalue weighted by Gasteiger charge is 2.37. The lowest BCUT2D eigenvalue weighted by molar-refractivity contribution is -0.268. The van der Waals surface area contributed by atoms with E-state index in [4.69, 9.17) is 14.2 Å². The normalized spacial score (nSPS) is 15.7. The van der Waals surface area contributed by atoms with E-state index < -0.39 is 11.7 Å². The van der Waals surface area contributed by atoms with Crippen molar-refractivity contribution >= 4 is 16.9 Å². The highest BCUT2D eigenvalue weighted by atomic mass is 16.5. The van der Waals surface area contributed by atoms with Crippen LogP contribution in [0, 0.1) is 0 Å². The van der Waals surface area contributed by atoms with Gasteiger partial charge in [0.05, 0.1) is 19.3 Å². The molecule has 0 bridgehead atoms. The molecule has 1 saturated heterocycles. The Hall–Kier alpha value is -6.21. The molecule has 2 unspecified atom stereocenters. The van der Waals surface area contributed by atoms with Gasteiger partial charge in [0.25, 0.3) is 0 Å². The minimum atomic E-state index is -1.17. The number of carbonyl (C=O) groups excluding carboxylic acids is 1. The van der Waals surface area contributed by atoms with Gasteiger partial charge in [-0.1, -0.05) is 170 Å². The summed E-state index contributed by atoms with van der Waals surface area (Å²) < 4.78 is 20.0. The van der Waals surface area contributed by atoms with Crippen molar-refractivity contribution in [3.63, 3.8) is 0 Å². The predicted molar refractivity (Wildman–Crippen MR) is 223 cm³/mol. The van der Waals surface area contributed by atoms with Crippen molar-refractivity contribution in [2.24, 2.45) is 0 Å². The van der Waals surface area contributed by atoms with Gasteiger partial charge in [0, 0.05) is 24.4 Å². The minimum Gasteiger partial charge on any atom is -0.530 e. The van der Waals surface area contributed by atoms with Gasteiger partial charge in [-0.25, -0.2) is 0 Å². The molecule has 0 N–H and O–H groups in total. The zero-order valence-electron chi connectivity index (χ0n) is 31.9. The summed E-state index contributed by atoms with van der Waals surface area (Å²) >= 11 is 0. The molecule has 6 heteroatoms. The first-order valence-electron chi connectivity index (χ1n) is 19.7. The largest absolute Gasteiger partial charge is 0.530 e. The zero-order chi connectivity index (χ0) is 38.9. The molecule has 1 aliphatic rings. The van der Waals surface area contributed by atoms with E-state index in [0.717, 1.165) is 55.5 Å². The predicted octanol–water partition coefficient (Wildman–Crippen LogP) is 9.69. The van der Waals surface area contributed by atoms with E-state index in [1.807, 2.05) is 54.6 Å². The standard InChI is InChI=1S/C51H47NO5/c53-50(54)52-31-29-47(49(35-52)56-37-40-33-42-17-13-14-24-46(42)48(34-40)55-36-39-15-5-1-6-16-39)41-27-25-38(26-28-41)30-32-57-51(43-18-7-2-8-19-43,44-20-9-3-10-21-44)45-22-11-4-12-23-45/h1-28,33-34,47,49H,29-32,35-37H2,(H,53,54)/p-1. The molecule has 2 atom stereocenters. The average molecular weight is 753 g/mol. The SMILES string of the molecule is O=C([O-])N1CCC(c2ccc(CCOC(c3ccccc3)(c3ccccc3)c3ccccc3)cc2)C(OCc2cc(OCc3ccccc3)c3ccccc3c2)C1. The number of ether oxygens (including phenoxy) is 3. The Morgan fingerprint density at radius 3 is 1.82 bits per heavy atom. The van der Waals surface area contributed by atoms with Crippen LogP contribution in [0.1, 0.15) is 51.3 Å². The smallest absolute Gasteiger partial charge is 0.143 e. The number of likely N-dealkylation sites (tertiary alicyclic amines) is 1. The number of rotatable bonds is 14. The quantitative estimate of drug-likeness (QED) is 0.104. The summed E-state index contributed by atoms with van der Waals surface area (Å²) in [5.74, 6) is 0.808. The number of fused-ring (bicyclic) bond motifs is 1. The molecule has 1 fully saturated rings. The summed E-state index contributed by atoms with van der Waals surface area (Å²) in [6.07, 6.45) is -0.168. The van der Waals surface area contributed by atoms with Crippen molar-refractivity contribution in [1.29, 1.82) is 0 Å². The molecule has 0 aliphatic carbocycles. The van der Waals surface area contributed by atoms with Gasteiger partial charge in [0.2, 0.25) is 0 Å². The van der Waals surface area contributed by atoms with Gasteiger partial charge in [-0.15, -0.1) is 0 Å². The molecule has 0 spiro atoms. The van der Waals surface area contributed by atoms with Gasteiger partial charge in [0.1, 0.15) is 24.1 Å². The van der Waals surface area contributed by atoms with E-state index in [-0.39, 0.29) is 18.6 Å². The third kappa shape index (κ3) is 8.63. The van der Waals surface area contributed by atoms with Crippen molar-refractivity contribution in [3.8, 4) is 5.75 Å². The average Bonchev–Trinajstić information content (AvgIpc) is 3.28. The van der Waals surface area contributed by atoms with Gasteiger partial charge in [-0.05, 0) is 69.3 Å². The van der Waals surface area contributed by atoms with E-state index in [0.29, 0.717) is 39.2 Å². The van der Waals surface area contributed by atoms with Gasteiger partial charge in [-0.3, -0.25) is 0 Å². The Kier molecular flexibility index (Phi) is 11.7. The van der Waals surface area contributed by atoms with Crippen molar-refractivity contribution in [2.75, 3.05) is 19.7 Å². The van der Waals surface area contributed by atoms with Crippen LogP contribution in [-0.2, 0) is 34.7 Å². The maximum Gasteiger partial charge on any atom is 0.143 e. The third-order valence-electron chi connectivity index (χ3n) is 11.1. The van der Waals surface area contributed by atoms with E-state index in [1.165, 1.54) is 4.90 Å². The highest BCUT2D eigenvalue weighted by molar-refractivity contribution is 5.89. The van der Waals surface area contributed by atoms with Crippen LogP contribution in [0.15, 0.2) is 182 Å². The fourth-order valence-corrected chi connectivity index (χ4v) is 8.13. The second kappa shape index (κ2) is 17.7. The maximum atomic E-state index is 12.0. The minimum absolute atomic E-state index is 0.0158. The highest BCUT2D eigenvalue weighted by Crippen LogP contribution is 2.41. The molecule has 8 rings (SSSR count). The number of piperidine rings is 1. The molecular formula is C51H46NO5-. The fraction of sp³-hybridized carbons (Fsp3) is 0.196. The number of benzene rings is 7. The van der Waals surface area contributed by atoms with Crippen LogP contribution in [0.25, 0.3) is 10.8 Å². The second-order valence-corrected chi connectivity index (χ2v) is 14.7.